The lowest BCUT2D eigenvalue weighted by Crippen LogP contribution is -2.41. The van der Waals surface area contributed by atoms with Crippen LogP contribution >= 0.6 is 0 Å². The van der Waals surface area contributed by atoms with E-state index in [1.807, 2.05) is 12.1 Å². The summed E-state index contributed by atoms with van der Waals surface area (Å²) in [4.78, 5) is 14.6. The molecule has 0 saturated carbocycles. The van der Waals surface area contributed by atoms with E-state index in [0.29, 0.717) is 12.2 Å². The maximum absolute atomic E-state index is 13.2. The van der Waals surface area contributed by atoms with Crippen molar-refractivity contribution in [3.63, 3.8) is 0 Å². The molecule has 7 heteroatoms. The third-order valence-electron chi connectivity index (χ3n) is 4.75. The molecule has 0 N–H and O–H groups in total. The van der Waals surface area contributed by atoms with E-state index in [9.17, 15) is 17.6 Å². The van der Waals surface area contributed by atoms with E-state index in [1.54, 1.807) is 36.3 Å². The molecule has 0 aliphatic carbocycles. The van der Waals surface area contributed by atoms with Gasteiger partial charge in [-0.2, -0.15) is 0 Å². The number of nitrogens with zero attached hydrogens (tertiary/aromatic N) is 1. The van der Waals surface area contributed by atoms with E-state index in [4.69, 9.17) is 4.74 Å². The molecule has 1 aliphatic rings. The van der Waals surface area contributed by atoms with Crippen LogP contribution in [-0.4, -0.2) is 43.9 Å². The number of benzene rings is 2. The summed E-state index contributed by atoms with van der Waals surface area (Å²) >= 11 is 0. The van der Waals surface area contributed by atoms with E-state index in [2.05, 4.69) is 0 Å². The lowest BCUT2D eigenvalue weighted by atomic mass is 10.1. The Bertz CT molecular complexity index is 895. The lowest BCUT2D eigenvalue weighted by molar-refractivity contribution is -0.133. The number of carbonyl (C=O) groups is 1. The number of halogens is 1. The van der Waals surface area contributed by atoms with Gasteiger partial charge >= 0.3 is 0 Å². The van der Waals surface area contributed by atoms with Gasteiger partial charge in [0.2, 0.25) is 5.91 Å². The maximum Gasteiger partial charge on any atom is 0.227 e. The number of rotatable bonds is 6. The van der Waals surface area contributed by atoms with E-state index < -0.39 is 9.84 Å². The highest BCUT2D eigenvalue weighted by atomic mass is 32.2. The number of ether oxygens (including phenoxy) is 1. The average Bonchev–Trinajstić information content (AvgIpc) is 3.01. The molecule has 3 rings (SSSR count). The van der Waals surface area contributed by atoms with Crippen LogP contribution in [0, 0.1) is 5.82 Å². The smallest absolute Gasteiger partial charge is 0.227 e. The van der Waals surface area contributed by atoms with Crippen molar-refractivity contribution in [2.24, 2.45) is 0 Å². The Labute approximate surface area is 158 Å². The molecule has 0 spiro atoms. The van der Waals surface area contributed by atoms with E-state index >= 15 is 0 Å². The highest BCUT2D eigenvalue weighted by molar-refractivity contribution is 7.91. The van der Waals surface area contributed by atoms with Crippen LogP contribution in [0.5, 0.6) is 5.75 Å². The van der Waals surface area contributed by atoms with Crippen molar-refractivity contribution in [1.29, 1.82) is 0 Å². The molecule has 2 aromatic carbocycles. The quantitative estimate of drug-likeness (QED) is 0.759. The third kappa shape index (κ3) is 5.07. The molecule has 1 amide bonds. The maximum atomic E-state index is 13.2. The SMILES string of the molecule is COc1ccc(CC(=O)N(Cc2ccc(F)cc2)C2CCS(=O)(=O)C2)cc1. The Morgan fingerprint density at radius 1 is 1.11 bits per heavy atom. The summed E-state index contributed by atoms with van der Waals surface area (Å²) in [6, 6.07) is 12.8. The summed E-state index contributed by atoms with van der Waals surface area (Å²) < 4.78 is 42.1. The minimum Gasteiger partial charge on any atom is -0.497 e. The molecule has 27 heavy (non-hydrogen) atoms. The van der Waals surface area contributed by atoms with Gasteiger partial charge in [-0.05, 0) is 41.8 Å². The molecule has 0 bridgehead atoms. The van der Waals surface area contributed by atoms with Crippen LogP contribution in [-0.2, 0) is 27.6 Å². The van der Waals surface area contributed by atoms with E-state index in [0.717, 1.165) is 11.1 Å². The van der Waals surface area contributed by atoms with Crippen molar-refractivity contribution in [3.8, 4) is 5.75 Å². The van der Waals surface area contributed by atoms with Gasteiger partial charge in [-0.25, -0.2) is 12.8 Å². The zero-order valence-electron chi connectivity index (χ0n) is 15.1. The fourth-order valence-corrected chi connectivity index (χ4v) is 4.98. The molecule has 0 aromatic heterocycles. The van der Waals surface area contributed by atoms with Crippen LogP contribution in [0.1, 0.15) is 17.5 Å². The van der Waals surface area contributed by atoms with Crippen LogP contribution in [0.25, 0.3) is 0 Å². The molecule has 1 aliphatic heterocycles. The molecule has 2 aromatic rings. The Kier molecular flexibility index (Phi) is 5.79. The number of sulfone groups is 1. The normalized spacial score (nSPS) is 18.2. The fraction of sp³-hybridized carbons (Fsp3) is 0.350. The minimum absolute atomic E-state index is 0.0253. The summed E-state index contributed by atoms with van der Waals surface area (Å²) in [5.41, 5.74) is 1.59. The molecular formula is C20H22FNO4S. The number of methoxy groups -OCH3 is 1. The largest absolute Gasteiger partial charge is 0.497 e. The Hall–Kier alpha value is -2.41. The first kappa shape index (κ1) is 19.4. The zero-order valence-corrected chi connectivity index (χ0v) is 15.9. The topological polar surface area (TPSA) is 63.7 Å². The van der Waals surface area contributed by atoms with Crippen molar-refractivity contribution in [2.45, 2.75) is 25.4 Å². The van der Waals surface area contributed by atoms with Gasteiger partial charge < -0.3 is 9.64 Å². The van der Waals surface area contributed by atoms with Crippen LogP contribution in [0.2, 0.25) is 0 Å². The summed E-state index contributed by atoms with van der Waals surface area (Å²) in [5.74, 6) is 0.275. The second-order valence-corrected chi connectivity index (χ2v) is 8.96. The highest BCUT2D eigenvalue weighted by Crippen LogP contribution is 2.22. The molecule has 1 saturated heterocycles. The molecule has 1 fully saturated rings. The minimum atomic E-state index is -3.13. The second kappa shape index (κ2) is 8.08. The zero-order chi connectivity index (χ0) is 19.4. The van der Waals surface area contributed by atoms with E-state index in [-0.39, 0.29) is 42.2 Å². The van der Waals surface area contributed by atoms with Crippen LogP contribution in [0.3, 0.4) is 0 Å². The Morgan fingerprint density at radius 3 is 2.30 bits per heavy atom. The van der Waals surface area contributed by atoms with Crippen molar-refractivity contribution in [3.05, 3.63) is 65.5 Å². The number of carbonyl (C=O) groups excluding carboxylic acids is 1. The van der Waals surface area contributed by atoms with Gasteiger partial charge in [0, 0.05) is 12.6 Å². The summed E-state index contributed by atoms with van der Waals surface area (Å²) in [7, 11) is -1.55. The predicted molar refractivity (Wildman–Crippen MR) is 101 cm³/mol. The molecule has 144 valence electrons. The van der Waals surface area contributed by atoms with Crippen LogP contribution in [0.4, 0.5) is 4.39 Å². The lowest BCUT2D eigenvalue weighted by Gasteiger charge is -2.28. The van der Waals surface area contributed by atoms with Gasteiger partial charge in [0.25, 0.3) is 0 Å². The predicted octanol–water partition coefficient (Wildman–Crippen LogP) is 2.59. The number of amides is 1. The molecule has 5 nitrogen and oxygen atoms in total. The van der Waals surface area contributed by atoms with Gasteiger partial charge in [0.15, 0.2) is 9.84 Å². The van der Waals surface area contributed by atoms with Crippen molar-refractivity contribution >= 4 is 15.7 Å². The van der Waals surface area contributed by atoms with Crippen LogP contribution < -0.4 is 4.74 Å². The van der Waals surface area contributed by atoms with Gasteiger partial charge in [-0.3, -0.25) is 4.79 Å². The molecular weight excluding hydrogens is 369 g/mol. The van der Waals surface area contributed by atoms with Crippen LogP contribution in [0.15, 0.2) is 48.5 Å². The summed E-state index contributed by atoms with van der Waals surface area (Å²) in [6.45, 7) is 0.259. The Balaban J connectivity index is 1.79. The first-order valence-electron chi connectivity index (χ1n) is 8.73. The molecule has 1 unspecified atom stereocenters. The molecule has 1 atom stereocenters. The summed E-state index contributed by atoms with van der Waals surface area (Å²) in [5, 5.41) is 0. The van der Waals surface area contributed by atoms with Crippen molar-refractivity contribution in [1.82, 2.24) is 4.90 Å². The summed E-state index contributed by atoms with van der Waals surface area (Å²) in [6.07, 6.45) is 0.597. The van der Waals surface area contributed by atoms with Gasteiger partial charge in [0.1, 0.15) is 11.6 Å². The first-order valence-corrected chi connectivity index (χ1v) is 10.6. The van der Waals surface area contributed by atoms with Gasteiger partial charge in [0.05, 0.1) is 25.0 Å². The Morgan fingerprint density at radius 2 is 1.74 bits per heavy atom. The number of hydrogen-bond donors (Lipinski definition) is 0. The number of hydrogen-bond acceptors (Lipinski definition) is 4. The average molecular weight is 391 g/mol. The highest BCUT2D eigenvalue weighted by Gasteiger charge is 2.34. The third-order valence-corrected chi connectivity index (χ3v) is 6.50. The monoisotopic (exact) mass is 391 g/mol. The van der Waals surface area contributed by atoms with Gasteiger partial charge in [-0.1, -0.05) is 24.3 Å². The van der Waals surface area contributed by atoms with E-state index in [1.165, 1.54) is 12.1 Å². The van der Waals surface area contributed by atoms with Crippen molar-refractivity contribution < 1.29 is 22.3 Å². The standard InChI is InChI=1S/C20H22FNO4S/c1-26-19-8-4-15(5-9-19)12-20(23)22(18-10-11-27(24,25)14-18)13-16-2-6-17(21)7-3-16/h2-9,18H,10-14H2,1H3. The fourth-order valence-electron chi connectivity index (χ4n) is 3.25. The molecule has 0 radical (unpaired) electrons. The van der Waals surface area contributed by atoms with Crippen molar-refractivity contribution in [2.75, 3.05) is 18.6 Å². The molecule has 1 heterocycles. The first-order chi connectivity index (χ1) is 12.9. The second-order valence-electron chi connectivity index (χ2n) is 6.73. The van der Waals surface area contributed by atoms with Gasteiger partial charge in [-0.15, -0.1) is 0 Å².